The Morgan fingerprint density at radius 2 is 0.941 bits per heavy atom. The van der Waals surface area contributed by atoms with E-state index < -0.39 is 17.5 Å². The van der Waals surface area contributed by atoms with Crippen LogP contribution >= 0.6 is 0 Å². The van der Waals surface area contributed by atoms with Gasteiger partial charge in [0, 0.05) is 11.1 Å². The summed E-state index contributed by atoms with van der Waals surface area (Å²) in [6.07, 6.45) is 0. The number of aliphatic carboxylic acids is 2. The van der Waals surface area contributed by atoms with Crippen LogP contribution in [0.3, 0.4) is 0 Å². The lowest BCUT2D eigenvalue weighted by molar-refractivity contribution is -0.133. The lowest BCUT2D eigenvalue weighted by Gasteiger charge is -2.04. The summed E-state index contributed by atoms with van der Waals surface area (Å²) < 4.78 is 0. The predicted molar refractivity (Wildman–Crippen MR) is 66.9 cm³/mol. The van der Waals surface area contributed by atoms with Gasteiger partial charge in [0.2, 0.25) is 0 Å². The Hall–Kier alpha value is -1.62. The minimum Gasteiger partial charge on any atom is -0.478 e. The number of rotatable bonds is 2. The number of carbonyl (C=O) groups is 2. The van der Waals surface area contributed by atoms with Gasteiger partial charge in [-0.25, -0.2) is 9.59 Å². The van der Waals surface area contributed by atoms with E-state index in [1.54, 1.807) is 20.8 Å². The molecule has 17 heavy (non-hydrogen) atoms. The molecule has 0 heterocycles. The highest BCUT2D eigenvalue weighted by Gasteiger charge is 1.97. The van der Waals surface area contributed by atoms with Crippen molar-refractivity contribution in [3.8, 4) is 0 Å². The second-order valence-electron chi connectivity index (χ2n) is 4.34. The molecule has 0 unspecified atom stereocenters. The number of hydrogen-bond donors (Lipinski definition) is 3. The van der Waals surface area contributed by atoms with Gasteiger partial charge < -0.3 is 15.3 Å². The number of hydrogen-bond acceptors (Lipinski definition) is 3. The van der Waals surface area contributed by atoms with Crippen molar-refractivity contribution in [2.24, 2.45) is 0 Å². The van der Waals surface area contributed by atoms with E-state index in [1.165, 1.54) is 13.8 Å². The lowest BCUT2D eigenvalue weighted by Crippen LogP contribution is -2.10. The molecule has 0 aliphatic carbocycles. The highest BCUT2D eigenvalue weighted by atomic mass is 16.4. The van der Waals surface area contributed by atoms with Crippen LogP contribution < -0.4 is 0 Å². The van der Waals surface area contributed by atoms with Gasteiger partial charge in [-0.15, -0.1) is 0 Å². The number of aliphatic hydroxyl groups is 1. The van der Waals surface area contributed by atoms with Gasteiger partial charge in [0.15, 0.2) is 0 Å². The Kier molecular flexibility index (Phi) is 11.7. The maximum atomic E-state index is 9.60. The third kappa shape index (κ3) is 54.1. The molecule has 5 heteroatoms. The van der Waals surface area contributed by atoms with Crippen LogP contribution in [-0.2, 0) is 9.59 Å². The average Bonchev–Trinajstić information content (AvgIpc) is 2.01. The zero-order valence-electron chi connectivity index (χ0n) is 11.1. The number of carboxylic acids is 2. The molecule has 0 radical (unpaired) electrons. The standard InChI is InChI=1S/2C4H6O2.C4H10O/c2*1-3(2)4(5)6;1-4(2,3)5/h2*1H2,2H3,(H,5,6);5H,1-3H3. The zero-order chi connectivity index (χ0) is 14.8. The zero-order valence-corrected chi connectivity index (χ0v) is 11.1. The number of carboxylic acid groups (broad SMARTS) is 2. The summed E-state index contributed by atoms with van der Waals surface area (Å²) in [5.74, 6) is -1.87. The van der Waals surface area contributed by atoms with Gasteiger partial charge in [0.25, 0.3) is 0 Å². The molecule has 0 aromatic heterocycles. The fourth-order valence-corrected chi connectivity index (χ4v) is 0. The molecule has 0 aliphatic rings. The van der Waals surface area contributed by atoms with Gasteiger partial charge in [-0.1, -0.05) is 13.2 Å². The van der Waals surface area contributed by atoms with Crippen LogP contribution in [0.25, 0.3) is 0 Å². The second-order valence-corrected chi connectivity index (χ2v) is 4.34. The van der Waals surface area contributed by atoms with Gasteiger partial charge in [0.05, 0.1) is 5.60 Å². The smallest absolute Gasteiger partial charge is 0.330 e. The second kappa shape index (κ2) is 9.59. The van der Waals surface area contributed by atoms with Gasteiger partial charge in [0.1, 0.15) is 0 Å². The van der Waals surface area contributed by atoms with E-state index in [9.17, 15) is 9.59 Å². The first-order valence-electron chi connectivity index (χ1n) is 4.79. The molecule has 3 N–H and O–H groups in total. The lowest BCUT2D eigenvalue weighted by atomic mass is 10.2. The van der Waals surface area contributed by atoms with Crippen LogP contribution in [-0.4, -0.2) is 32.9 Å². The van der Waals surface area contributed by atoms with E-state index in [1.807, 2.05) is 0 Å². The summed E-state index contributed by atoms with van der Waals surface area (Å²) in [6.45, 7) is 14.4. The molecule has 0 amide bonds. The van der Waals surface area contributed by atoms with Crippen LogP contribution in [0.15, 0.2) is 24.3 Å². The Morgan fingerprint density at radius 1 is 0.882 bits per heavy atom. The summed E-state index contributed by atoms with van der Waals surface area (Å²) in [6, 6.07) is 0. The van der Waals surface area contributed by atoms with Crippen molar-refractivity contribution in [1.29, 1.82) is 0 Å². The molecule has 0 saturated heterocycles. The largest absolute Gasteiger partial charge is 0.478 e. The Balaban J connectivity index is -0.000000174. The summed E-state index contributed by atoms with van der Waals surface area (Å²) in [7, 11) is 0. The van der Waals surface area contributed by atoms with E-state index in [4.69, 9.17) is 15.3 Å². The van der Waals surface area contributed by atoms with Crippen molar-refractivity contribution in [2.75, 3.05) is 0 Å². The minimum absolute atomic E-state index is 0.176. The molecule has 0 saturated carbocycles. The predicted octanol–water partition coefficient (Wildman–Crippen LogP) is 2.07. The highest BCUT2D eigenvalue weighted by Crippen LogP contribution is 1.93. The topological polar surface area (TPSA) is 94.8 Å². The van der Waals surface area contributed by atoms with E-state index in [0.717, 1.165) is 0 Å². The van der Waals surface area contributed by atoms with Gasteiger partial charge in [-0.05, 0) is 34.6 Å². The molecule has 100 valence electrons. The summed E-state index contributed by atoms with van der Waals surface area (Å²) in [4.78, 5) is 19.2. The quantitative estimate of drug-likeness (QED) is 0.648. The Labute approximate surface area is 102 Å². The van der Waals surface area contributed by atoms with Crippen molar-refractivity contribution >= 4 is 11.9 Å². The Morgan fingerprint density at radius 3 is 0.941 bits per heavy atom. The van der Waals surface area contributed by atoms with Crippen LogP contribution in [0.2, 0.25) is 0 Å². The van der Waals surface area contributed by atoms with Crippen LogP contribution in [0, 0.1) is 0 Å². The molecule has 5 nitrogen and oxygen atoms in total. The first-order chi connectivity index (χ1) is 7.29. The molecule has 0 aliphatic heterocycles. The summed E-state index contributed by atoms with van der Waals surface area (Å²) in [5.41, 5.74) is -0.148. The third-order valence-electron chi connectivity index (χ3n) is 0.730. The fraction of sp³-hybridized carbons (Fsp3) is 0.500. The SMILES string of the molecule is C=C(C)C(=O)O.C=C(C)C(=O)O.CC(C)(C)O. The molecular formula is C12H22O5. The third-order valence-corrected chi connectivity index (χ3v) is 0.730. The normalized spacial score (nSPS) is 8.82. The van der Waals surface area contributed by atoms with E-state index in [0.29, 0.717) is 0 Å². The van der Waals surface area contributed by atoms with E-state index in [-0.39, 0.29) is 11.1 Å². The van der Waals surface area contributed by atoms with Crippen LogP contribution in [0.1, 0.15) is 34.6 Å². The molecule has 0 atom stereocenters. The molecule has 0 bridgehead atoms. The molecular weight excluding hydrogens is 224 g/mol. The van der Waals surface area contributed by atoms with Crippen molar-refractivity contribution < 1.29 is 24.9 Å². The van der Waals surface area contributed by atoms with Gasteiger partial charge in [-0.3, -0.25) is 0 Å². The van der Waals surface area contributed by atoms with Crippen molar-refractivity contribution in [3.63, 3.8) is 0 Å². The van der Waals surface area contributed by atoms with Crippen molar-refractivity contribution in [3.05, 3.63) is 24.3 Å². The summed E-state index contributed by atoms with van der Waals surface area (Å²) >= 11 is 0. The average molecular weight is 246 g/mol. The van der Waals surface area contributed by atoms with Crippen LogP contribution in [0.4, 0.5) is 0 Å². The van der Waals surface area contributed by atoms with Crippen molar-refractivity contribution in [1.82, 2.24) is 0 Å². The fourth-order valence-electron chi connectivity index (χ4n) is 0. The molecule has 0 aromatic rings. The molecule has 0 spiro atoms. The Bertz CT molecular complexity index is 230. The molecule has 0 aromatic carbocycles. The first kappa shape index (κ1) is 20.8. The highest BCUT2D eigenvalue weighted by molar-refractivity contribution is 5.85. The van der Waals surface area contributed by atoms with E-state index in [2.05, 4.69) is 13.2 Å². The summed E-state index contributed by atoms with van der Waals surface area (Å²) in [5, 5.41) is 24.3. The maximum Gasteiger partial charge on any atom is 0.330 e. The molecule has 0 fully saturated rings. The van der Waals surface area contributed by atoms with E-state index >= 15 is 0 Å². The first-order valence-corrected chi connectivity index (χ1v) is 4.79. The molecule has 0 rings (SSSR count). The monoisotopic (exact) mass is 246 g/mol. The maximum absolute atomic E-state index is 9.60. The van der Waals surface area contributed by atoms with Crippen molar-refractivity contribution in [2.45, 2.75) is 40.2 Å². The van der Waals surface area contributed by atoms with Gasteiger partial charge >= 0.3 is 11.9 Å². The van der Waals surface area contributed by atoms with Crippen LogP contribution in [0.5, 0.6) is 0 Å². The minimum atomic E-state index is -0.935. The van der Waals surface area contributed by atoms with Gasteiger partial charge in [-0.2, -0.15) is 0 Å².